The first-order valence-corrected chi connectivity index (χ1v) is 8.12. The van der Waals surface area contributed by atoms with Gasteiger partial charge in [0.25, 0.3) is 0 Å². The molecular formula is C19H19F2NO4. The summed E-state index contributed by atoms with van der Waals surface area (Å²) in [4.78, 5) is 22.3. The number of anilines is 1. The summed E-state index contributed by atoms with van der Waals surface area (Å²) in [5.41, 5.74) is 0.706. The molecule has 0 bridgehead atoms. The topological polar surface area (TPSA) is 75.6 Å². The number of carbonyl (C=O) groups excluding carboxylic acids is 1. The number of hydrogen-bond donors (Lipinski definition) is 2. The second-order valence-electron chi connectivity index (χ2n) is 5.65. The summed E-state index contributed by atoms with van der Waals surface area (Å²) in [6.45, 7) is 0.289. The third kappa shape index (κ3) is 6.51. The van der Waals surface area contributed by atoms with Gasteiger partial charge in [0, 0.05) is 18.5 Å². The summed E-state index contributed by atoms with van der Waals surface area (Å²) in [6.07, 6.45) is 0.568. The van der Waals surface area contributed by atoms with Crippen LogP contribution in [-0.2, 0) is 16.0 Å². The molecule has 0 spiro atoms. The van der Waals surface area contributed by atoms with Gasteiger partial charge in [-0.25, -0.2) is 8.78 Å². The average molecular weight is 363 g/mol. The van der Waals surface area contributed by atoms with Crippen molar-refractivity contribution in [3.63, 3.8) is 0 Å². The van der Waals surface area contributed by atoms with Crippen LogP contribution in [0, 0.1) is 11.6 Å². The first kappa shape index (κ1) is 19.4. The normalized spacial score (nSPS) is 10.4. The molecule has 1 amide bonds. The first-order valence-electron chi connectivity index (χ1n) is 8.12. The van der Waals surface area contributed by atoms with E-state index in [-0.39, 0.29) is 37.3 Å². The molecule has 0 aliphatic carbocycles. The number of benzene rings is 2. The number of carboxylic acid groups (broad SMARTS) is 1. The fourth-order valence-electron chi connectivity index (χ4n) is 2.25. The van der Waals surface area contributed by atoms with Crippen molar-refractivity contribution in [3.05, 3.63) is 59.7 Å². The van der Waals surface area contributed by atoms with Gasteiger partial charge in [0.2, 0.25) is 5.91 Å². The van der Waals surface area contributed by atoms with Crippen molar-refractivity contribution >= 4 is 17.6 Å². The Balaban J connectivity index is 1.78. The molecule has 7 heteroatoms. The van der Waals surface area contributed by atoms with Gasteiger partial charge in [-0.05, 0) is 60.9 Å². The number of hydrogen-bond acceptors (Lipinski definition) is 3. The number of halogens is 2. The fraction of sp³-hybridized carbons (Fsp3) is 0.263. The minimum atomic E-state index is -0.871. The van der Waals surface area contributed by atoms with Crippen LogP contribution in [0.15, 0.2) is 42.5 Å². The Bertz CT molecular complexity index is 763. The Morgan fingerprint density at radius 2 is 1.77 bits per heavy atom. The molecule has 0 aromatic heterocycles. The first-order chi connectivity index (χ1) is 12.4. The van der Waals surface area contributed by atoms with Crippen LogP contribution >= 0.6 is 0 Å². The standard InChI is InChI=1S/C19H19F2NO4/c20-14-4-9-17(21)13(12-14)3-10-18(23)22-15-5-7-16(8-6-15)26-11-1-2-19(24)25/h4-9,12H,1-3,10-11H2,(H,22,23)(H,24,25). The quantitative estimate of drug-likeness (QED) is 0.665. The molecule has 0 aliphatic rings. The van der Waals surface area contributed by atoms with E-state index in [9.17, 15) is 18.4 Å². The van der Waals surface area contributed by atoms with Crippen molar-refractivity contribution in [2.75, 3.05) is 11.9 Å². The number of amides is 1. The van der Waals surface area contributed by atoms with Gasteiger partial charge < -0.3 is 15.2 Å². The zero-order valence-electron chi connectivity index (χ0n) is 14.0. The minimum absolute atomic E-state index is 0.0216. The van der Waals surface area contributed by atoms with Gasteiger partial charge in [-0.15, -0.1) is 0 Å². The van der Waals surface area contributed by atoms with Gasteiger partial charge in [0.05, 0.1) is 6.61 Å². The van der Waals surface area contributed by atoms with Gasteiger partial charge in [-0.3, -0.25) is 9.59 Å². The predicted molar refractivity (Wildman–Crippen MR) is 92.1 cm³/mol. The maximum Gasteiger partial charge on any atom is 0.303 e. The summed E-state index contributed by atoms with van der Waals surface area (Å²) in [7, 11) is 0. The van der Waals surface area contributed by atoms with E-state index in [1.54, 1.807) is 24.3 Å². The molecule has 0 saturated carbocycles. The lowest BCUT2D eigenvalue weighted by molar-refractivity contribution is -0.137. The second-order valence-corrected chi connectivity index (χ2v) is 5.65. The highest BCUT2D eigenvalue weighted by Crippen LogP contribution is 2.17. The van der Waals surface area contributed by atoms with E-state index in [1.807, 2.05) is 0 Å². The van der Waals surface area contributed by atoms with E-state index < -0.39 is 17.6 Å². The lowest BCUT2D eigenvalue weighted by atomic mass is 10.1. The van der Waals surface area contributed by atoms with Gasteiger partial charge in [-0.1, -0.05) is 0 Å². The highest BCUT2D eigenvalue weighted by atomic mass is 19.1. The summed E-state index contributed by atoms with van der Waals surface area (Å²) in [6, 6.07) is 9.76. The molecule has 0 fully saturated rings. The second kappa shape index (κ2) is 9.50. The predicted octanol–water partition coefficient (Wildman–Crippen LogP) is 3.78. The summed E-state index contributed by atoms with van der Waals surface area (Å²) in [5.74, 6) is -1.70. The van der Waals surface area contributed by atoms with E-state index >= 15 is 0 Å². The third-order valence-corrected chi connectivity index (χ3v) is 3.57. The number of aryl methyl sites for hydroxylation is 1. The molecule has 0 atom stereocenters. The van der Waals surface area contributed by atoms with Crippen molar-refractivity contribution in [1.82, 2.24) is 0 Å². The third-order valence-electron chi connectivity index (χ3n) is 3.57. The SMILES string of the molecule is O=C(O)CCCOc1ccc(NC(=O)CCc2cc(F)ccc2F)cc1. The number of rotatable bonds is 9. The summed E-state index contributed by atoms with van der Waals surface area (Å²) < 4.78 is 32.0. The highest BCUT2D eigenvalue weighted by molar-refractivity contribution is 5.90. The van der Waals surface area contributed by atoms with Crippen LogP contribution in [0.3, 0.4) is 0 Å². The molecule has 2 aromatic carbocycles. The van der Waals surface area contributed by atoms with Crippen molar-refractivity contribution in [2.24, 2.45) is 0 Å². The van der Waals surface area contributed by atoms with E-state index in [0.717, 1.165) is 18.2 Å². The van der Waals surface area contributed by atoms with Crippen molar-refractivity contribution < 1.29 is 28.2 Å². The van der Waals surface area contributed by atoms with Gasteiger partial charge >= 0.3 is 5.97 Å². The Hall–Kier alpha value is -2.96. The monoisotopic (exact) mass is 363 g/mol. The Morgan fingerprint density at radius 1 is 1.04 bits per heavy atom. The van der Waals surface area contributed by atoms with Crippen LogP contribution in [-0.4, -0.2) is 23.6 Å². The van der Waals surface area contributed by atoms with E-state index in [4.69, 9.17) is 9.84 Å². The summed E-state index contributed by atoms with van der Waals surface area (Å²) >= 11 is 0. The van der Waals surface area contributed by atoms with Crippen molar-refractivity contribution in [3.8, 4) is 5.75 Å². The van der Waals surface area contributed by atoms with Gasteiger partial charge in [0.15, 0.2) is 0 Å². The van der Waals surface area contributed by atoms with E-state index in [0.29, 0.717) is 17.9 Å². The molecule has 2 rings (SSSR count). The molecule has 0 aliphatic heterocycles. The molecule has 0 radical (unpaired) electrons. The van der Waals surface area contributed by atoms with Crippen molar-refractivity contribution in [1.29, 1.82) is 0 Å². The molecular weight excluding hydrogens is 344 g/mol. The smallest absolute Gasteiger partial charge is 0.303 e. The van der Waals surface area contributed by atoms with Crippen molar-refractivity contribution in [2.45, 2.75) is 25.7 Å². The maximum atomic E-state index is 13.5. The molecule has 0 unspecified atom stereocenters. The molecule has 138 valence electrons. The van der Waals surface area contributed by atoms with Crippen LogP contribution in [0.2, 0.25) is 0 Å². The zero-order valence-corrected chi connectivity index (χ0v) is 14.0. The zero-order chi connectivity index (χ0) is 18.9. The van der Waals surface area contributed by atoms with Gasteiger partial charge in [0.1, 0.15) is 17.4 Å². The number of carboxylic acids is 1. The Morgan fingerprint density at radius 3 is 2.46 bits per heavy atom. The van der Waals surface area contributed by atoms with Gasteiger partial charge in [-0.2, -0.15) is 0 Å². The molecule has 0 heterocycles. The highest BCUT2D eigenvalue weighted by Gasteiger charge is 2.08. The van der Waals surface area contributed by atoms with E-state index in [1.165, 1.54) is 0 Å². The molecule has 5 nitrogen and oxygen atoms in total. The lowest BCUT2D eigenvalue weighted by Crippen LogP contribution is -2.12. The molecule has 2 N–H and O–H groups in total. The summed E-state index contributed by atoms with van der Waals surface area (Å²) in [5, 5.41) is 11.2. The number of aliphatic carboxylic acids is 1. The van der Waals surface area contributed by atoms with E-state index in [2.05, 4.69) is 5.32 Å². The van der Waals surface area contributed by atoms with Crippen LogP contribution in [0.25, 0.3) is 0 Å². The average Bonchev–Trinajstić information content (AvgIpc) is 2.61. The number of ether oxygens (including phenoxy) is 1. The largest absolute Gasteiger partial charge is 0.494 e. The van der Waals surface area contributed by atoms with Crippen LogP contribution in [0.4, 0.5) is 14.5 Å². The van der Waals surface area contributed by atoms with Crippen LogP contribution in [0.5, 0.6) is 5.75 Å². The fourth-order valence-corrected chi connectivity index (χ4v) is 2.25. The number of carbonyl (C=O) groups is 2. The maximum absolute atomic E-state index is 13.5. The Labute approximate surface area is 149 Å². The van der Waals surface area contributed by atoms with Crippen LogP contribution in [0.1, 0.15) is 24.8 Å². The Kier molecular flexibility index (Phi) is 7.08. The molecule has 2 aromatic rings. The minimum Gasteiger partial charge on any atom is -0.494 e. The molecule has 26 heavy (non-hydrogen) atoms. The van der Waals surface area contributed by atoms with Crippen LogP contribution < -0.4 is 10.1 Å². The number of nitrogens with one attached hydrogen (secondary N) is 1. The molecule has 0 saturated heterocycles. The lowest BCUT2D eigenvalue weighted by Gasteiger charge is -2.08.